The summed E-state index contributed by atoms with van der Waals surface area (Å²) in [6, 6.07) is 25.2. The van der Waals surface area contributed by atoms with Crippen LogP contribution in [0.15, 0.2) is 84.6 Å². The van der Waals surface area contributed by atoms with Crippen molar-refractivity contribution < 1.29 is 9.59 Å². The van der Waals surface area contributed by atoms with Crippen molar-refractivity contribution >= 4 is 23.1 Å². The van der Waals surface area contributed by atoms with Crippen LogP contribution in [0.1, 0.15) is 22.3 Å². The molecule has 0 aromatic heterocycles. The molecular weight excluding hydrogens is 372 g/mol. The Hall–Kier alpha value is -3.66. The molecule has 4 rings (SSSR count). The van der Waals surface area contributed by atoms with E-state index >= 15 is 0 Å². The first-order valence-electron chi connectivity index (χ1n) is 10.1. The fourth-order valence-corrected chi connectivity index (χ4v) is 3.67. The van der Waals surface area contributed by atoms with Crippen LogP contribution in [-0.4, -0.2) is 23.3 Å². The van der Waals surface area contributed by atoms with Gasteiger partial charge in [0, 0.05) is 12.2 Å². The van der Waals surface area contributed by atoms with Gasteiger partial charge in [-0.3, -0.25) is 14.5 Å². The maximum absolute atomic E-state index is 13.3. The fourth-order valence-electron chi connectivity index (χ4n) is 3.67. The fraction of sp³-hybridized carbons (Fsp3) is 0.154. The Kier molecular flexibility index (Phi) is 5.48. The summed E-state index contributed by atoms with van der Waals surface area (Å²) in [4.78, 5) is 28.0. The number of amides is 2. The highest BCUT2D eigenvalue weighted by Crippen LogP contribution is 2.31. The van der Waals surface area contributed by atoms with E-state index in [9.17, 15) is 9.59 Å². The largest absolute Gasteiger partial charge is 0.350 e. The molecule has 0 atom stereocenters. The molecule has 0 spiro atoms. The van der Waals surface area contributed by atoms with Gasteiger partial charge in [-0.25, -0.2) is 0 Å². The number of rotatable bonds is 6. The Balaban J connectivity index is 1.69. The number of imide groups is 1. The predicted molar refractivity (Wildman–Crippen MR) is 120 cm³/mol. The maximum Gasteiger partial charge on any atom is 0.278 e. The van der Waals surface area contributed by atoms with Crippen molar-refractivity contribution in [1.82, 2.24) is 4.90 Å². The molecule has 1 aliphatic heterocycles. The third-order valence-electron chi connectivity index (χ3n) is 5.56. The van der Waals surface area contributed by atoms with E-state index in [0.717, 1.165) is 27.9 Å². The molecule has 3 aromatic carbocycles. The second-order valence-corrected chi connectivity index (χ2v) is 7.49. The number of hydrogen-bond donors (Lipinski definition) is 1. The highest BCUT2D eigenvalue weighted by molar-refractivity contribution is 6.36. The maximum atomic E-state index is 13.3. The molecule has 0 fully saturated rings. The van der Waals surface area contributed by atoms with E-state index in [4.69, 9.17) is 0 Å². The minimum absolute atomic E-state index is 0.255. The number of nitrogens with one attached hydrogen (secondary N) is 1. The molecule has 1 aliphatic rings. The van der Waals surface area contributed by atoms with Gasteiger partial charge >= 0.3 is 0 Å². The molecule has 0 radical (unpaired) electrons. The van der Waals surface area contributed by atoms with Gasteiger partial charge in [-0.1, -0.05) is 72.8 Å². The predicted octanol–water partition coefficient (Wildman–Crippen LogP) is 4.74. The third-order valence-corrected chi connectivity index (χ3v) is 5.56. The summed E-state index contributed by atoms with van der Waals surface area (Å²) >= 11 is 0. The number of hydrogen-bond acceptors (Lipinski definition) is 3. The van der Waals surface area contributed by atoms with Crippen molar-refractivity contribution in [3.63, 3.8) is 0 Å². The summed E-state index contributed by atoms with van der Waals surface area (Å²) in [5.41, 5.74) is 5.62. The quantitative estimate of drug-likeness (QED) is 0.613. The molecule has 1 N–H and O–H groups in total. The lowest BCUT2D eigenvalue weighted by molar-refractivity contribution is -0.136. The molecule has 0 unspecified atom stereocenters. The highest BCUT2D eigenvalue weighted by atomic mass is 16.2. The zero-order valence-corrected chi connectivity index (χ0v) is 17.2. The summed E-state index contributed by atoms with van der Waals surface area (Å²) in [5, 5.41) is 3.27. The topological polar surface area (TPSA) is 49.4 Å². The third kappa shape index (κ3) is 3.77. The van der Waals surface area contributed by atoms with Gasteiger partial charge in [0.1, 0.15) is 5.70 Å². The lowest BCUT2D eigenvalue weighted by Crippen LogP contribution is -2.34. The van der Waals surface area contributed by atoms with Crippen LogP contribution in [-0.2, 0) is 16.0 Å². The van der Waals surface area contributed by atoms with E-state index in [1.54, 1.807) is 0 Å². The standard InChI is InChI=1S/C26H24N2O2/c1-18-10-9-15-22(19(18)2)27-24-23(21-13-7-4-8-14-21)25(29)28(26(24)30)17-16-20-11-5-3-6-12-20/h3-15,27H,16-17H2,1-2H3. The minimum atomic E-state index is -0.282. The molecule has 0 saturated heterocycles. The van der Waals surface area contributed by atoms with Crippen molar-refractivity contribution in [2.24, 2.45) is 0 Å². The van der Waals surface area contributed by atoms with Crippen molar-refractivity contribution in [3.05, 3.63) is 107 Å². The van der Waals surface area contributed by atoms with E-state index in [1.165, 1.54) is 4.90 Å². The SMILES string of the molecule is Cc1cccc(NC2=C(c3ccccc3)C(=O)N(CCc3ccccc3)C2=O)c1C. The second-order valence-electron chi connectivity index (χ2n) is 7.49. The molecule has 3 aromatic rings. The van der Waals surface area contributed by atoms with Crippen molar-refractivity contribution in [2.45, 2.75) is 20.3 Å². The van der Waals surface area contributed by atoms with E-state index in [0.29, 0.717) is 24.2 Å². The molecule has 4 nitrogen and oxygen atoms in total. The van der Waals surface area contributed by atoms with E-state index in [1.807, 2.05) is 92.7 Å². The normalized spacial score (nSPS) is 13.9. The summed E-state index contributed by atoms with van der Waals surface area (Å²) in [7, 11) is 0. The Morgan fingerprint density at radius 1 is 0.767 bits per heavy atom. The Labute approximate surface area is 176 Å². The summed E-state index contributed by atoms with van der Waals surface area (Å²) < 4.78 is 0. The number of anilines is 1. The molecule has 2 amide bonds. The highest BCUT2D eigenvalue weighted by Gasteiger charge is 2.39. The van der Waals surface area contributed by atoms with Crippen LogP contribution in [0.5, 0.6) is 0 Å². The van der Waals surface area contributed by atoms with Crippen LogP contribution in [0, 0.1) is 13.8 Å². The van der Waals surface area contributed by atoms with Gasteiger partial charge in [-0.15, -0.1) is 0 Å². The van der Waals surface area contributed by atoms with Gasteiger partial charge in [-0.05, 0) is 48.6 Å². The molecule has 0 saturated carbocycles. The molecule has 4 heteroatoms. The monoisotopic (exact) mass is 396 g/mol. The number of aryl methyl sites for hydroxylation is 1. The Morgan fingerprint density at radius 3 is 2.13 bits per heavy atom. The summed E-state index contributed by atoms with van der Waals surface area (Å²) in [6.07, 6.45) is 0.622. The van der Waals surface area contributed by atoms with Crippen molar-refractivity contribution in [1.29, 1.82) is 0 Å². The van der Waals surface area contributed by atoms with Crippen LogP contribution in [0.2, 0.25) is 0 Å². The molecule has 30 heavy (non-hydrogen) atoms. The number of benzene rings is 3. The summed E-state index contributed by atoms with van der Waals surface area (Å²) in [5.74, 6) is -0.536. The van der Waals surface area contributed by atoms with E-state index < -0.39 is 0 Å². The van der Waals surface area contributed by atoms with Gasteiger partial charge in [0.05, 0.1) is 5.57 Å². The average molecular weight is 396 g/mol. The molecule has 1 heterocycles. The van der Waals surface area contributed by atoms with Crippen LogP contribution in [0.25, 0.3) is 5.57 Å². The van der Waals surface area contributed by atoms with Gasteiger partial charge < -0.3 is 5.32 Å². The van der Waals surface area contributed by atoms with Gasteiger partial charge in [-0.2, -0.15) is 0 Å². The lowest BCUT2D eigenvalue weighted by atomic mass is 10.0. The Morgan fingerprint density at radius 2 is 1.43 bits per heavy atom. The lowest BCUT2D eigenvalue weighted by Gasteiger charge is -2.16. The van der Waals surface area contributed by atoms with Gasteiger partial charge in [0.15, 0.2) is 0 Å². The first-order chi connectivity index (χ1) is 14.6. The molecule has 0 aliphatic carbocycles. The minimum Gasteiger partial charge on any atom is -0.350 e. The summed E-state index contributed by atoms with van der Waals surface area (Å²) in [6.45, 7) is 4.38. The number of carbonyl (C=O) groups excluding carboxylic acids is 2. The van der Waals surface area contributed by atoms with Gasteiger partial charge in [0.25, 0.3) is 11.8 Å². The smallest absolute Gasteiger partial charge is 0.278 e. The molecule has 150 valence electrons. The Bertz CT molecular complexity index is 1120. The van der Waals surface area contributed by atoms with Crippen LogP contribution < -0.4 is 5.32 Å². The van der Waals surface area contributed by atoms with Crippen molar-refractivity contribution in [2.75, 3.05) is 11.9 Å². The van der Waals surface area contributed by atoms with E-state index in [-0.39, 0.29) is 11.8 Å². The van der Waals surface area contributed by atoms with Crippen LogP contribution >= 0.6 is 0 Å². The van der Waals surface area contributed by atoms with Gasteiger partial charge in [0.2, 0.25) is 0 Å². The van der Waals surface area contributed by atoms with Crippen molar-refractivity contribution in [3.8, 4) is 0 Å². The van der Waals surface area contributed by atoms with Crippen LogP contribution in [0.3, 0.4) is 0 Å². The zero-order chi connectivity index (χ0) is 21.1. The molecular formula is C26H24N2O2. The first kappa shape index (κ1) is 19.6. The first-order valence-corrected chi connectivity index (χ1v) is 10.1. The van der Waals surface area contributed by atoms with E-state index in [2.05, 4.69) is 5.32 Å². The second kappa shape index (κ2) is 8.37. The number of nitrogens with zero attached hydrogens (tertiary/aromatic N) is 1. The van der Waals surface area contributed by atoms with Crippen LogP contribution in [0.4, 0.5) is 5.69 Å². The average Bonchev–Trinajstić information content (AvgIpc) is 3.00. The molecule has 0 bridgehead atoms. The zero-order valence-electron chi connectivity index (χ0n) is 17.2. The number of carbonyl (C=O) groups is 2.